The number of esters is 1. The summed E-state index contributed by atoms with van der Waals surface area (Å²) in [6, 6.07) is 0. The predicted molar refractivity (Wildman–Crippen MR) is 55.9 cm³/mol. The molecule has 0 heterocycles. The molecule has 0 amide bonds. The average molecular weight is 200 g/mol. The molecule has 0 aliphatic heterocycles. The van der Waals surface area contributed by atoms with E-state index in [2.05, 4.69) is 0 Å². The molecule has 1 N–H and O–H groups in total. The van der Waals surface area contributed by atoms with Gasteiger partial charge in [0.1, 0.15) is 0 Å². The first kappa shape index (κ1) is 13.2. The van der Waals surface area contributed by atoms with E-state index in [1.807, 2.05) is 13.8 Å². The summed E-state index contributed by atoms with van der Waals surface area (Å²) in [6.45, 7) is 6.21. The van der Waals surface area contributed by atoms with Gasteiger partial charge in [0.05, 0.1) is 6.61 Å². The van der Waals surface area contributed by atoms with E-state index in [1.54, 1.807) is 6.92 Å². The molecule has 0 saturated carbocycles. The van der Waals surface area contributed by atoms with Crippen LogP contribution in [0.2, 0.25) is 0 Å². The highest BCUT2D eigenvalue weighted by molar-refractivity contribution is 5.88. The van der Waals surface area contributed by atoms with Gasteiger partial charge in [0.15, 0.2) is 0 Å². The molecule has 0 aliphatic carbocycles. The van der Waals surface area contributed by atoms with Crippen LogP contribution in [0.3, 0.4) is 0 Å². The first-order chi connectivity index (χ1) is 6.59. The van der Waals surface area contributed by atoms with Crippen LogP contribution >= 0.6 is 0 Å². The summed E-state index contributed by atoms with van der Waals surface area (Å²) < 4.78 is 5.03. The number of hydrogen-bond acceptors (Lipinski definition) is 3. The molecule has 0 aliphatic rings. The molecule has 3 heteroatoms. The highest BCUT2D eigenvalue weighted by Gasteiger charge is 2.06. The minimum Gasteiger partial charge on any atom is -0.462 e. The van der Waals surface area contributed by atoms with Crippen molar-refractivity contribution in [2.75, 3.05) is 13.2 Å². The summed E-state index contributed by atoms with van der Waals surface area (Å²) in [4.78, 5) is 11.3. The fourth-order valence-electron chi connectivity index (χ4n) is 0.868. The average Bonchev–Trinajstić information content (AvgIpc) is 2.16. The standard InChI is InChI=1S/C11H20O3/c1-9(2)10(3)11(13)14-8-6-4-5-7-12/h12H,4-8H2,1-3H3. The molecule has 0 spiro atoms. The maximum absolute atomic E-state index is 11.3. The van der Waals surface area contributed by atoms with E-state index in [-0.39, 0.29) is 12.6 Å². The number of hydrogen-bond donors (Lipinski definition) is 1. The molecule has 0 unspecified atom stereocenters. The van der Waals surface area contributed by atoms with Gasteiger partial charge in [-0.2, -0.15) is 0 Å². The van der Waals surface area contributed by atoms with Crippen LogP contribution in [-0.2, 0) is 9.53 Å². The van der Waals surface area contributed by atoms with Gasteiger partial charge in [-0.05, 0) is 40.0 Å². The second-order valence-corrected chi connectivity index (χ2v) is 3.55. The zero-order valence-corrected chi connectivity index (χ0v) is 9.30. The van der Waals surface area contributed by atoms with Crippen LogP contribution in [0.15, 0.2) is 11.1 Å². The zero-order chi connectivity index (χ0) is 11.0. The van der Waals surface area contributed by atoms with E-state index >= 15 is 0 Å². The van der Waals surface area contributed by atoms with Gasteiger partial charge in [-0.1, -0.05) is 5.57 Å². The van der Waals surface area contributed by atoms with E-state index in [0.717, 1.165) is 24.8 Å². The Morgan fingerprint density at radius 1 is 1.14 bits per heavy atom. The van der Waals surface area contributed by atoms with Crippen LogP contribution in [0, 0.1) is 0 Å². The Morgan fingerprint density at radius 2 is 1.79 bits per heavy atom. The topological polar surface area (TPSA) is 46.5 Å². The molecule has 82 valence electrons. The Hall–Kier alpha value is -0.830. The second kappa shape index (κ2) is 7.56. The lowest BCUT2D eigenvalue weighted by molar-refractivity contribution is -0.139. The Labute approximate surface area is 85.8 Å². The van der Waals surface area contributed by atoms with Crippen molar-refractivity contribution in [3.63, 3.8) is 0 Å². The largest absolute Gasteiger partial charge is 0.462 e. The molecule has 0 radical (unpaired) electrons. The summed E-state index contributed by atoms with van der Waals surface area (Å²) in [5.41, 5.74) is 1.68. The lowest BCUT2D eigenvalue weighted by atomic mass is 10.2. The lowest BCUT2D eigenvalue weighted by Crippen LogP contribution is -2.08. The minimum atomic E-state index is -0.228. The van der Waals surface area contributed by atoms with Crippen molar-refractivity contribution in [2.24, 2.45) is 0 Å². The van der Waals surface area contributed by atoms with Gasteiger partial charge in [-0.15, -0.1) is 0 Å². The molecule has 0 atom stereocenters. The highest BCUT2D eigenvalue weighted by Crippen LogP contribution is 2.05. The van der Waals surface area contributed by atoms with Crippen molar-refractivity contribution in [3.8, 4) is 0 Å². The van der Waals surface area contributed by atoms with Crippen molar-refractivity contribution in [2.45, 2.75) is 40.0 Å². The maximum Gasteiger partial charge on any atom is 0.333 e. The third-order valence-corrected chi connectivity index (χ3v) is 2.09. The van der Waals surface area contributed by atoms with Crippen LogP contribution in [-0.4, -0.2) is 24.3 Å². The lowest BCUT2D eigenvalue weighted by Gasteiger charge is -2.05. The summed E-state index contributed by atoms with van der Waals surface area (Å²) in [5, 5.41) is 8.52. The third-order valence-electron chi connectivity index (χ3n) is 2.09. The third kappa shape index (κ3) is 5.75. The fourth-order valence-corrected chi connectivity index (χ4v) is 0.868. The van der Waals surface area contributed by atoms with Crippen molar-refractivity contribution < 1.29 is 14.6 Å². The van der Waals surface area contributed by atoms with Crippen molar-refractivity contribution in [1.29, 1.82) is 0 Å². The van der Waals surface area contributed by atoms with Gasteiger partial charge in [0, 0.05) is 12.2 Å². The second-order valence-electron chi connectivity index (χ2n) is 3.55. The number of ether oxygens (including phenoxy) is 1. The Morgan fingerprint density at radius 3 is 2.29 bits per heavy atom. The first-order valence-electron chi connectivity index (χ1n) is 5.01. The van der Waals surface area contributed by atoms with Crippen molar-refractivity contribution in [3.05, 3.63) is 11.1 Å². The molecule has 0 saturated heterocycles. The Bertz CT molecular complexity index is 203. The van der Waals surface area contributed by atoms with Gasteiger partial charge in [0.25, 0.3) is 0 Å². The molecule has 0 fully saturated rings. The molecule has 0 rings (SSSR count). The number of carbonyl (C=O) groups excluding carboxylic acids is 1. The quantitative estimate of drug-likeness (QED) is 0.405. The smallest absolute Gasteiger partial charge is 0.333 e. The van der Waals surface area contributed by atoms with Crippen LogP contribution < -0.4 is 0 Å². The summed E-state index contributed by atoms with van der Waals surface area (Å²) in [7, 11) is 0. The Balaban J connectivity index is 3.60. The van der Waals surface area contributed by atoms with E-state index in [1.165, 1.54) is 0 Å². The van der Waals surface area contributed by atoms with Crippen LogP contribution in [0.25, 0.3) is 0 Å². The SMILES string of the molecule is CC(C)=C(C)C(=O)OCCCCCO. The molecule has 0 aromatic rings. The Kier molecular flexibility index (Phi) is 7.11. The number of aliphatic hydroxyl groups is 1. The number of carbonyl (C=O) groups is 1. The summed E-state index contributed by atoms with van der Waals surface area (Å²) in [6.07, 6.45) is 2.50. The molecule has 3 nitrogen and oxygen atoms in total. The molecule has 0 bridgehead atoms. The minimum absolute atomic E-state index is 0.209. The summed E-state index contributed by atoms with van der Waals surface area (Å²) >= 11 is 0. The highest BCUT2D eigenvalue weighted by atomic mass is 16.5. The summed E-state index contributed by atoms with van der Waals surface area (Å²) in [5.74, 6) is -0.228. The molecule has 14 heavy (non-hydrogen) atoms. The number of unbranched alkanes of at least 4 members (excludes halogenated alkanes) is 2. The van der Waals surface area contributed by atoms with E-state index in [9.17, 15) is 4.79 Å². The van der Waals surface area contributed by atoms with Crippen molar-refractivity contribution in [1.82, 2.24) is 0 Å². The van der Waals surface area contributed by atoms with E-state index in [4.69, 9.17) is 9.84 Å². The van der Waals surface area contributed by atoms with Gasteiger partial charge in [-0.3, -0.25) is 0 Å². The molecular formula is C11H20O3. The van der Waals surface area contributed by atoms with Gasteiger partial charge >= 0.3 is 5.97 Å². The van der Waals surface area contributed by atoms with Crippen LogP contribution in [0.4, 0.5) is 0 Å². The van der Waals surface area contributed by atoms with Gasteiger partial charge < -0.3 is 9.84 Å². The monoisotopic (exact) mass is 200 g/mol. The van der Waals surface area contributed by atoms with Crippen LogP contribution in [0.1, 0.15) is 40.0 Å². The number of aliphatic hydroxyl groups excluding tert-OH is 1. The van der Waals surface area contributed by atoms with Gasteiger partial charge in [-0.25, -0.2) is 4.79 Å². The number of allylic oxidation sites excluding steroid dienone is 1. The van der Waals surface area contributed by atoms with Crippen LogP contribution in [0.5, 0.6) is 0 Å². The molecule has 0 aromatic carbocycles. The van der Waals surface area contributed by atoms with Gasteiger partial charge in [0.2, 0.25) is 0 Å². The van der Waals surface area contributed by atoms with Crippen molar-refractivity contribution >= 4 is 5.97 Å². The first-order valence-corrected chi connectivity index (χ1v) is 5.01. The normalized spacial score (nSPS) is 9.71. The predicted octanol–water partition coefficient (Wildman–Crippen LogP) is 2.05. The number of rotatable bonds is 6. The maximum atomic E-state index is 11.3. The molecular weight excluding hydrogens is 180 g/mol. The van der Waals surface area contributed by atoms with E-state index in [0.29, 0.717) is 12.2 Å². The molecule has 0 aromatic heterocycles. The van der Waals surface area contributed by atoms with E-state index < -0.39 is 0 Å². The fraction of sp³-hybridized carbons (Fsp3) is 0.727. The zero-order valence-electron chi connectivity index (χ0n) is 9.30.